The van der Waals surface area contributed by atoms with E-state index >= 15 is 0 Å². The number of hydrogen-bond acceptors (Lipinski definition) is 4. The van der Waals surface area contributed by atoms with Gasteiger partial charge >= 0.3 is 0 Å². The number of hydrogen-bond donors (Lipinski definition) is 2. The highest BCUT2D eigenvalue weighted by Crippen LogP contribution is 2.30. The molecule has 2 N–H and O–H groups in total. The summed E-state index contributed by atoms with van der Waals surface area (Å²) in [6.07, 6.45) is 3.14. The van der Waals surface area contributed by atoms with E-state index in [9.17, 15) is 8.42 Å². The molecule has 2 rings (SSSR count). The first kappa shape index (κ1) is 15.9. The van der Waals surface area contributed by atoms with Gasteiger partial charge < -0.3 is 5.32 Å². The molecular formula is C14H24N2O2S2. The first-order chi connectivity index (χ1) is 9.42. The molecule has 3 unspecified atom stereocenters. The van der Waals surface area contributed by atoms with E-state index in [-0.39, 0.29) is 6.04 Å². The Labute approximate surface area is 126 Å². The molecule has 0 saturated heterocycles. The zero-order valence-electron chi connectivity index (χ0n) is 12.3. The van der Waals surface area contributed by atoms with E-state index in [1.165, 1.54) is 11.3 Å². The fourth-order valence-electron chi connectivity index (χ4n) is 2.88. The van der Waals surface area contributed by atoms with E-state index < -0.39 is 10.0 Å². The second-order valence-corrected chi connectivity index (χ2v) is 8.61. The Morgan fingerprint density at radius 2 is 2.10 bits per heavy atom. The topological polar surface area (TPSA) is 58.2 Å². The molecule has 4 nitrogen and oxygen atoms in total. The van der Waals surface area contributed by atoms with Gasteiger partial charge in [0.15, 0.2) is 0 Å². The van der Waals surface area contributed by atoms with Gasteiger partial charge in [-0.2, -0.15) is 0 Å². The minimum Gasteiger partial charge on any atom is -0.315 e. The third-order valence-electron chi connectivity index (χ3n) is 4.03. The van der Waals surface area contributed by atoms with Gasteiger partial charge in [-0.25, -0.2) is 13.1 Å². The highest BCUT2D eigenvalue weighted by atomic mass is 32.2. The van der Waals surface area contributed by atoms with E-state index in [1.807, 2.05) is 7.05 Å². The minimum absolute atomic E-state index is 0.0730. The molecule has 1 aromatic heterocycles. The molecular weight excluding hydrogens is 292 g/mol. The molecule has 20 heavy (non-hydrogen) atoms. The lowest BCUT2D eigenvalue weighted by atomic mass is 9.80. The third-order valence-corrected chi connectivity index (χ3v) is 6.58. The first-order valence-corrected chi connectivity index (χ1v) is 9.53. The molecule has 3 atom stereocenters. The standard InChI is InChI=1S/C14H24N2O2S2/c1-10-4-5-14(11(2)6-10)16-20(17,18)13-7-12(8-15-3)19-9-13/h7,9-11,14-16H,4-6,8H2,1-3H3. The lowest BCUT2D eigenvalue weighted by Gasteiger charge is -2.32. The molecule has 6 heteroatoms. The second kappa shape index (κ2) is 6.56. The lowest BCUT2D eigenvalue weighted by molar-refractivity contribution is 0.249. The van der Waals surface area contributed by atoms with Crippen molar-refractivity contribution in [2.75, 3.05) is 7.05 Å². The highest BCUT2D eigenvalue weighted by Gasteiger charge is 2.29. The number of nitrogens with one attached hydrogen (secondary N) is 2. The van der Waals surface area contributed by atoms with Gasteiger partial charge in [-0.1, -0.05) is 13.8 Å². The van der Waals surface area contributed by atoms with E-state index in [0.717, 1.165) is 24.1 Å². The zero-order chi connectivity index (χ0) is 14.8. The molecule has 1 fully saturated rings. The summed E-state index contributed by atoms with van der Waals surface area (Å²) in [6, 6.07) is 1.84. The average molecular weight is 316 g/mol. The smallest absolute Gasteiger partial charge is 0.241 e. The van der Waals surface area contributed by atoms with Gasteiger partial charge in [0.25, 0.3) is 0 Å². The third kappa shape index (κ3) is 3.81. The van der Waals surface area contributed by atoms with Crippen LogP contribution in [0.3, 0.4) is 0 Å². The molecule has 0 bridgehead atoms. The second-order valence-electron chi connectivity index (χ2n) is 5.90. The fourth-order valence-corrected chi connectivity index (χ4v) is 5.54. The van der Waals surface area contributed by atoms with Gasteiger partial charge in [0.1, 0.15) is 0 Å². The summed E-state index contributed by atoms with van der Waals surface area (Å²) >= 11 is 1.48. The van der Waals surface area contributed by atoms with Crippen LogP contribution in [0, 0.1) is 11.8 Å². The molecule has 0 amide bonds. The van der Waals surface area contributed by atoms with E-state index in [4.69, 9.17) is 0 Å². The molecule has 1 aliphatic carbocycles. The van der Waals surface area contributed by atoms with Crippen molar-refractivity contribution >= 4 is 21.4 Å². The highest BCUT2D eigenvalue weighted by molar-refractivity contribution is 7.89. The van der Waals surface area contributed by atoms with Gasteiger partial charge in [-0.15, -0.1) is 11.3 Å². The summed E-state index contributed by atoms with van der Waals surface area (Å²) in [7, 11) is -1.52. The number of sulfonamides is 1. The maximum atomic E-state index is 12.4. The van der Waals surface area contributed by atoms with Crippen molar-refractivity contribution in [3.05, 3.63) is 16.3 Å². The maximum absolute atomic E-state index is 12.4. The van der Waals surface area contributed by atoms with E-state index in [0.29, 0.717) is 23.3 Å². The maximum Gasteiger partial charge on any atom is 0.241 e. The van der Waals surface area contributed by atoms with Crippen LogP contribution in [0.4, 0.5) is 0 Å². The molecule has 1 heterocycles. The summed E-state index contributed by atoms with van der Waals surface area (Å²) < 4.78 is 27.7. The predicted molar refractivity (Wildman–Crippen MR) is 83.4 cm³/mol. The minimum atomic E-state index is -3.38. The van der Waals surface area contributed by atoms with Crippen molar-refractivity contribution in [2.24, 2.45) is 11.8 Å². The molecule has 1 aromatic rings. The summed E-state index contributed by atoms with van der Waals surface area (Å²) in [5, 5.41) is 4.76. The van der Waals surface area contributed by atoms with Crippen LogP contribution in [0.2, 0.25) is 0 Å². The van der Waals surface area contributed by atoms with Crippen LogP contribution >= 0.6 is 11.3 Å². The van der Waals surface area contributed by atoms with Crippen LogP contribution < -0.4 is 10.0 Å². The molecule has 1 saturated carbocycles. The summed E-state index contributed by atoms with van der Waals surface area (Å²) in [5.41, 5.74) is 0. The monoisotopic (exact) mass is 316 g/mol. The van der Waals surface area contributed by atoms with Crippen molar-refractivity contribution in [3.8, 4) is 0 Å². The molecule has 0 aliphatic heterocycles. The lowest BCUT2D eigenvalue weighted by Crippen LogP contribution is -2.42. The number of rotatable bonds is 5. The SMILES string of the molecule is CNCc1cc(S(=O)(=O)NC2CCC(C)CC2C)cs1. The van der Waals surface area contributed by atoms with Gasteiger partial charge in [0, 0.05) is 22.8 Å². The van der Waals surface area contributed by atoms with Crippen molar-refractivity contribution in [3.63, 3.8) is 0 Å². The fraction of sp³-hybridized carbons (Fsp3) is 0.714. The molecule has 0 aromatic carbocycles. The van der Waals surface area contributed by atoms with Crippen molar-refractivity contribution in [2.45, 2.75) is 50.6 Å². The molecule has 1 aliphatic rings. The van der Waals surface area contributed by atoms with Crippen LogP contribution in [-0.2, 0) is 16.6 Å². The summed E-state index contributed by atoms with van der Waals surface area (Å²) in [5.74, 6) is 1.11. The van der Waals surface area contributed by atoms with Crippen LogP contribution in [0.25, 0.3) is 0 Å². The molecule has 114 valence electrons. The first-order valence-electron chi connectivity index (χ1n) is 7.16. The van der Waals surface area contributed by atoms with Crippen molar-refractivity contribution in [1.29, 1.82) is 0 Å². The Balaban J connectivity index is 2.06. The summed E-state index contributed by atoms with van der Waals surface area (Å²) in [4.78, 5) is 1.44. The van der Waals surface area contributed by atoms with Crippen LogP contribution in [0.15, 0.2) is 16.3 Å². The summed E-state index contributed by atoms with van der Waals surface area (Å²) in [6.45, 7) is 5.09. The van der Waals surface area contributed by atoms with Crippen LogP contribution in [0.1, 0.15) is 38.0 Å². The molecule has 0 radical (unpaired) electrons. The average Bonchev–Trinajstić information content (AvgIpc) is 2.83. The number of thiophene rings is 1. The Morgan fingerprint density at radius 3 is 2.75 bits per heavy atom. The Kier molecular flexibility index (Phi) is 5.23. The Hall–Kier alpha value is -0.430. The van der Waals surface area contributed by atoms with Crippen LogP contribution in [-0.4, -0.2) is 21.5 Å². The van der Waals surface area contributed by atoms with Crippen LogP contribution in [0.5, 0.6) is 0 Å². The Morgan fingerprint density at radius 1 is 1.35 bits per heavy atom. The quantitative estimate of drug-likeness (QED) is 0.878. The van der Waals surface area contributed by atoms with Gasteiger partial charge in [0.05, 0.1) is 4.90 Å². The zero-order valence-corrected chi connectivity index (χ0v) is 14.0. The van der Waals surface area contributed by atoms with E-state index in [1.54, 1.807) is 11.4 Å². The Bertz CT molecular complexity index is 539. The predicted octanol–water partition coefficient (Wildman–Crippen LogP) is 2.57. The largest absolute Gasteiger partial charge is 0.315 e. The normalized spacial score (nSPS) is 27.6. The van der Waals surface area contributed by atoms with Gasteiger partial charge in [0.2, 0.25) is 10.0 Å². The van der Waals surface area contributed by atoms with Gasteiger partial charge in [-0.3, -0.25) is 0 Å². The van der Waals surface area contributed by atoms with E-state index in [2.05, 4.69) is 23.9 Å². The van der Waals surface area contributed by atoms with Gasteiger partial charge in [-0.05, 0) is 44.2 Å². The molecule has 0 spiro atoms. The van der Waals surface area contributed by atoms with Crippen molar-refractivity contribution in [1.82, 2.24) is 10.0 Å². The van der Waals surface area contributed by atoms with Crippen molar-refractivity contribution < 1.29 is 8.42 Å².